The highest BCUT2D eigenvalue weighted by atomic mass is 79.9. The van der Waals surface area contributed by atoms with Crippen molar-refractivity contribution < 1.29 is 4.92 Å². The summed E-state index contributed by atoms with van der Waals surface area (Å²) in [6.45, 7) is 1.69. The van der Waals surface area contributed by atoms with E-state index in [-0.39, 0.29) is 5.69 Å². The van der Waals surface area contributed by atoms with E-state index >= 15 is 0 Å². The molecule has 0 unspecified atom stereocenters. The molecule has 18 heavy (non-hydrogen) atoms. The van der Waals surface area contributed by atoms with Crippen LogP contribution in [-0.4, -0.2) is 14.7 Å². The van der Waals surface area contributed by atoms with Crippen molar-refractivity contribution in [1.29, 1.82) is 0 Å². The average molecular weight is 331 g/mol. The Hall–Kier alpha value is -1.40. The van der Waals surface area contributed by atoms with E-state index in [1.54, 1.807) is 29.9 Å². The molecule has 0 aliphatic carbocycles. The zero-order valence-corrected chi connectivity index (χ0v) is 11.8. The molecule has 1 heterocycles. The summed E-state index contributed by atoms with van der Waals surface area (Å²) in [5, 5.41) is 15.1. The van der Waals surface area contributed by atoms with E-state index in [9.17, 15) is 10.1 Å². The Morgan fingerprint density at radius 1 is 1.56 bits per heavy atom. The molecule has 1 aromatic heterocycles. The maximum atomic E-state index is 10.9. The molecule has 94 valence electrons. The Balaban J connectivity index is 2.56. The minimum Gasteiger partial charge on any atom is -0.258 e. The van der Waals surface area contributed by atoms with E-state index in [2.05, 4.69) is 21.0 Å². The standard InChI is InChI=1S/C11H9BrClN3O2/c1-7-4-9(12)11(5-10(7)16(17)18)15-3-2-8(6-13)14-15/h2-5H,6H2,1H3. The molecule has 7 heteroatoms. The van der Waals surface area contributed by atoms with E-state index in [4.69, 9.17) is 11.6 Å². The molecule has 0 radical (unpaired) electrons. The Morgan fingerprint density at radius 2 is 2.28 bits per heavy atom. The van der Waals surface area contributed by atoms with Crippen molar-refractivity contribution in [1.82, 2.24) is 9.78 Å². The number of alkyl halides is 1. The van der Waals surface area contributed by atoms with Gasteiger partial charge in [-0.3, -0.25) is 10.1 Å². The molecule has 5 nitrogen and oxygen atoms in total. The van der Waals surface area contributed by atoms with Crippen molar-refractivity contribution in [3.8, 4) is 5.69 Å². The molecular weight excluding hydrogens is 321 g/mol. The van der Waals surface area contributed by atoms with Crippen LogP contribution in [-0.2, 0) is 5.88 Å². The van der Waals surface area contributed by atoms with Gasteiger partial charge in [-0.2, -0.15) is 5.10 Å². The number of aromatic nitrogens is 2. The van der Waals surface area contributed by atoms with Gasteiger partial charge in [0.1, 0.15) is 0 Å². The first-order chi connectivity index (χ1) is 8.52. The topological polar surface area (TPSA) is 61.0 Å². The first-order valence-corrected chi connectivity index (χ1v) is 6.41. The Bertz CT molecular complexity index is 612. The van der Waals surface area contributed by atoms with Gasteiger partial charge in [0.2, 0.25) is 0 Å². The summed E-state index contributed by atoms with van der Waals surface area (Å²) in [4.78, 5) is 10.5. The van der Waals surface area contributed by atoms with Gasteiger partial charge in [0.15, 0.2) is 0 Å². The fourth-order valence-corrected chi connectivity index (χ4v) is 2.37. The molecule has 2 rings (SSSR count). The van der Waals surface area contributed by atoms with Gasteiger partial charge in [-0.15, -0.1) is 11.6 Å². The quantitative estimate of drug-likeness (QED) is 0.491. The number of rotatable bonds is 3. The zero-order chi connectivity index (χ0) is 13.3. The molecule has 0 aliphatic heterocycles. The lowest BCUT2D eigenvalue weighted by molar-refractivity contribution is -0.385. The van der Waals surface area contributed by atoms with E-state index in [1.807, 2.05) is 0 Å². The minimum absolute atomic E-state index is 0.0659. The molecule has 0 bridgehead atoms. The van der Waals surface area contributed by atoms with E-state index in [1.165, 1.54) is 6.07 Å². The van der Waals surface area contributed by atoms with Crippen LogP contribution in [0, 0.1) is 17.0 Å². The molecule has 0 fully saturated rings. The van der Waals surface area contributed by atoms with Crippen LogP contribution in [0.15, 0.2) is 28.9 Å². The second-order valence-corrected chi connectivity index (χ2v) is 4.85. The van der Waals surface area contributed by atoms with Gasteiger partial charge in [-0.25, -0.2) is 4.68 Å². The maximum Gasteiger partial charge on any atom is 0.274 e. The zero-order valence-electron chi connectivity index (χ0n) is 9.43. The van der Waals surface area contributed by atoms with Crippen molar-refractivity contribution in [3.63, 3.8) is 0 Å². The Labute approximate surface area is 117 Å². The second-order valence-electron chi connectivity index (χ2n) is 3.73. The molecule has 0 spiro atoms. The Morgan fingerprint density at radius 3 is 2.83 bits per heavy atom. The number of nitrogens with zero attached hydrogens (tertiary/aromatic N) is 3. The highest BCUT2D eigenvalue weighted by molar-refractivity contribution is 9.10. The van der Waals surface area contributed by atoms with E-state index in [0.29, 0.717) is 22.8 Å². The fourth-order valence-electron chi connectivity index (χ4n) is 1.59. The average Bonchev–Trinajstić information content (AvgIpc) is 2.77. The van der Waals surface area contributed by atoms with Crippen LogP contribution in [0.25, 0.3) is 5.69 Å². The van der Waals surface area contributed by atoms with Crippen LogP contribution in [0.1, 0.15) is 11.3 Å². The number of aryl methyl sites for hydroxylation is 1. The third kappa shape index (κ3) is 2.39. The van der Waals surface area contributed by atoms with Gasteiger partial charge in [0.05, 0.1) is 22.2 Å². The fraction of sp³-hybridized carbons (Fsp3) is 0.182. The normalized spacial score (nSPS) is 10.6. The summed E-state index contributed by atoms with van der Waals surface area (Å²) in [5.41, 5.74) is 1.99. The predicted octanol–water partition coefficient (Wildman–Crippen LogP) is 3.59. The largest absolute Gasteiger partial charge is 0.274 e. The van der Waals surface area contributed by atoms with E-state index in [0.717, 1.165) is 4.47 Å². The van der Waals surface area contributed by atoms with Crippen LogP contribution >= 0.6 is 27.5 Å². The molecule has 0 saturated heterocycles. The van der Waals surface area contributed by atoms with Gasteiger partial charge in [0.25, 0.3) is 5.69 Å². The first-order valence-electron chi connectivity index (χ1n) is 5.08. The summed E-state index contributed by atoms with van der Waals surface area (Å²) in [7, 11) is 0. The summed E-state index contributed by atoms with van der Waals surface area (Å²) in [6, 6.07) is 4.96. The number of benzene rings is 1. The minimum atomic E-state index is -0.406. The summed E-state index contributed by atoms with van der Waals surface area (Å²) < 4.78 is 2.31. The third-order valence-corrected chi connectivity index (χ3v) is 3.40. The summed E-state index contributed by atoms with van der Waals surface area (Å²) >= 11 is 9.06. The van der Waals surface area contributed by atoms with Crippen LogP contribution in [0.4, 0.5) is 5.69 Å². The summed E-state index contributed by atoms with van der Waals surface area (Å²) in [5.74, 6) is 0.304. The predicted molar refractivity (Wildman–Crippen MR) is 72.2 cm³/mol. The van der Waals surface area contributed by atoms with E-state index < -0.39 is 4.92 Å². The van der Waals surface area contributed by atoms with Crippen LogP contribution in [0.2, 0.25) is 0 Å². The molecule has 0 aliphatic rings. The molecule has 0 amide bonds. The summed E-state index contributed by atoms with van der Waals surface area (Å²) in [6.07, 6.45) is 1.72. The van der Waals surface area contributed by atoms with Gasteiger partial charge in [-0.1, -0.05) is 0 Å². The second kappa shape index (κ2) is 5.07. The van der Waals surface area contributed by atoms with Gasteiger partial charge >= 0.3 is 0 Å². The molecule has 1 aromatic carbocycles. The van der Waals surface area contributed by atoms with Crippen molar-refractivity contribution in [2.45, 2.75) is 12.8 Å². The molecular formula is C11H9BrClN3O2. The first kappa shape index (κ1) is 13.0. The highest BCUT2D eigenvalue weighted by Crippen LogP contribution is 2.29. The number of hydrogen-bond acceptors (Lipinski definition) is 3. The number of nitro benzene ring substituents is 1. The SMILES string of the molecule is Cc1cc(Br)c(-n2ccc(CCl)n2)cc1[N+](=O)[O-]. The van der Waals surface area contributed by atoms with Crippen LogP contribution in [0.3, 0.4) is 0 Å². The lowest BCUT2D eigenvalue weighted by Gasteiger charge is -2.06. The van der Waals surface area contributed by atoms with Crippen LogP contribution in [0.5, 0.6) is 0 Å². The number of halogens is 2. The third-order valence-electron chi connectivity index (χ3n) is 2.49. The van der Waals surface area contributed by atoms with Crippen molar-refractivity contribution >= 4 is 33.2 Å². The number of hydrogen-bond donors (Lipinski definition) is 0. The molecule has 0 saturated carbocycles. The Kier molecular flexibility index (Phi) is 3.68. The van der Waals surface area contributed by atoms with Crippen molar-refractivity contribution in [2.75, 3.05) is 0 Å². The maximum absolute atomic E-state index is 10.9. The molecule has 0 N–H and O–H groups in total. The van der Waals surface area contributed by atoms with Gasteiger partial charge in [-0.05, 0) is 35.0 Å². The molecule has 0 atom stereocenters. The van der Waals surface area contributed by atoms with Crippen molar-refractivity contribution in [2.24, 2.45) is 0 Å². The monoisotopic (exact) mass is 329 g/mol. The number of nitro groups is 1. The molecule has 2 aromatic rings. The highest BCUT2D eigenvalue weighted by Gasteiger charge is 2.15. The van der Waals surface area contributed by atoms with Gasteiger partial charge in [0, 0.05) is 22.3 Å². The van der Waals surface area contributed by atoms with Crippen LogP contribution < -0.4 is 0 Å². The lowest BCUT2D eigenvalue weighted by Crippen LogP contribution is -2.00. The van der Waals surface area contributed by atoms with Crippen molar-refractivity contribution in [3.05, 3.63) is 50.2 Å². The smallest absolute Gasteiger partial charge is 0.258 e. The lowest BCUT2D eigenvalue weighted by atomic mass is 10.2. The van der Waals surface area contributed by atoms with Gasteiger partial charge < -0.3 is 0 Å².